The fourth-order valence-corrected chi connectivity index (χ4v) is 1.63. The Labute approximate surface area is 104 Å². The van der Waals surface area contributed by atoms with Crippen LogP contribution in [0.25, 0.3) is 0 Å². The van der Waals surface area contributed by atoms with Gasteiger partial charge < -0.3 is 10.5 Å². The Bertz CT molecular complexity index is 309. The molecule has 3 heteroatoms. The predicted molar refractivity (Wildman–Crippen MR) is 71.6 cm³/mol. The zero-order valence-electron chi connectivity index (χ0n) is 11.1. The van der Waals surface area contributed by atoms with Gasteiger partial charge in [0.1, 0.15) is 6.23 Å². The van der Waals surface area contributed by atoms with E-state index >= 15 is 0 Å². The maximum absolute atomic E-state index is 5.76. The molecule has 0 spiro atoms. The largest absolute Gasteiger partial charge is 0.359 e. The van der Waals surface area contributed by atoms with Gasteiger partial charge in [-0.05, 0) is 25.8 Å². The Morgan fingerprint density at radius 2 is 2.00 bits per heavy atom. The highest BCUT2D eigenvalue weighted by Gasteiger charge is 2.21. The molecule has 0 amide bonds. The minimum absolute atomic E-state index is 0.00343. The average Bonchev–Trinajstić information content (AvgIpc) is 2.37. The van der Waals surface area contributed by atoms with E-state index in [1.54, 1.807) is 0 Å². The van der Waals surface area contributed by atoms with Crippen molar-refractivity contribution >= 4 is 0 Å². The second-order valence-electron chi connectivity index (χ2n) is 4.70. The highest BCUT2D eigenvalue weighted by molar-refractivity contribution is 5.13. The molecule has 0 aliphatic carbocycles. The van der Waals surface area contributed by atoms with Crippen molar-refractivity contribution in [2.24, 2.45) is 5.73 Å². The molecule has 0 saturated carbocycles. The first kappa shape index (κ1) is 14.2. The van der Waals surface area contributed by atoms with E-state index in [1.807, 2.05) is 25.1 Å². The molecule has 0 aromatic heterocycles. The van der Waals surface area contributed by atoms with Crippen LogP contribution >= 0.6 is 0 Å². The van der Waals surface area contributed by atoms with Gasteiger partial charge in [0.2, 0.25) is 0 Å². The van der Waals surface area contributed by atoms with Crippen molar-refractivity contribution in [3.05, 3.63) is 35.9 Å². The molecule has 0 fully saturated rings. The van der Waals surface area contributed by atoms with Gasteiger partial charge >= 0.3 is 0 Å². The third kappa shape index (κ3) is 4.86. The summed E-state index contributed by atoms with van der Waals surface area (Å²) in [5.41, 5.74) is 6.90. The van der Waals surface area contributed by atoms with E-state index in [9.17, 15) is 0 Å². The van der Waals surface area contributed by atoms with E-state index in [2.05, 4.69) is 31.3 Å². The van der Waals surface area contributed by atoms with Crippen LogP contribution in [0.3, 0.4) is 0 Å². The standard InChI is InChI=1S/C14H24N2O/c1-4-14(3,11-15)16-12(2)17-10-13-8-6-5-7-9-13/h5-9,12,16H,4,10-11,15H2,1-3H3. The van der Waals surface area contributed by atoms with Crippen molar-refractivity contribution in [3.8, 4) is 0 Å². The van der Waals surface area contributed by atoms with E-state index < -0.39 is 0 Å². The first-order valence-electron chi connectivity index (χ1n) is 6.23. The molecule has 1 aromatic carbocycles. The lowest BCUT2D eigenvalue weighted by Crippen LogP contribution is -2.52. The molecule has 2 unspecified atom stereocenters. The van der Waals surface area contributed by atoms with Crippen molar-refractivity contribution in [1.82, 2.24) is 5.32 Å². The van der Waals surface area contributed by atoms with Crippen molar-refractivity contribution in [1.29, 1.82) is 0 Å². The third-order valence-corrected chi connectivity index (χ3v) is 3.13. The summed E-state index contributed by atoms with van der Waals surface area (Å²) in [4.78, 5) is 0. The number of hydrogen-bond donors (Lipinski definition) is 2. The van der Waals surface area contributed by atoms with E-state index in [0.717, 1.165) is 6.42 Å². The minimum Gasteiger partial charge on any atom is -0.359 e. The molecule has 0 saturated heterocycles. The van der Waals surface area contributed by atoms with Crippen LogP contribution in [0.4, 0.5) is 0 Å². The molecule has 0 aliphatic rings. The number of rotatable bonds is 7. The lowest BCUT2D eigenvalue weighted by molar-refractivity contribution is 0.00973. The van der Waals surface area contributed by atoms with Crippen LogP contribution < -0.4 is 11.1 Å². The van der Waals surface area contributed by atoms with Crippen LogP contribution in [0.5, 0.6) is 0 Å². The van der Waals surface area contributed by atoms with E-state index in [-0.39, 0.29) is 11.8 Å². The zero-order valence-corrected chi connectivity index (χ0v) is 11.1. The molecular weight excluding hydrogens is 212 g/mol. The van der Waals surface area contributed by atoms with Gasteiger partial charge in [0.25, 0.3) is 0 Å². The van der Waals surface area contributed by atoms with Crippen LogP contribution in [0, 0.1) is 0 Å². The topological polar surface area (TPSA) is 47.3 Å². The van der Waals surface area contributed by atoms with Gasteiger partial charge in [0, 0.05) is 12.1 Å². The van der Waals surface area contributed by atoms with E-state index in [1.165, 1.54) is 5.56 Å². The summed E-state index contributed by atoms with van der Waals surface area (Å²) in [5.74, 6) is 0. The molecule has 2 atom stereocenters. The Kier molecular flexibility index (Phi) is 5.62. The molecule has 0 radical (unpaired) electrons. The van der Waals surface area contributed by atoms with Gasteiger partial charge in [-0.2, -0.15) is 0 Å². The average molecular weight is 236 g/mol. The molecule has 3 N–H and O–H groups in total. The van der Waals surface area contributed by atoms with Crippen molar-refractivity contribution in [3.63, 3.8) is 0 Å². The van der Waals surface area contributed by atoms with E-state index in [4.69, 9.17) is 10.5 Å². The summed E-state index contributed by atoms with van der Waals surface area (Å²) in [6.07, 6.45) is 0.992. The SMILES string of the molecule is CCC(C)(CN)NC(C)OCc1ccccc1. The number of ether oxygens (including phenoxy) is 1. The van der Waals surface area contributed by atoms with Crippen molar-refractivity contribution in [2.75, 3.05) is 6.54 Å². The van der Waals surface area contributed by atoms with Gasteiger partial charge in [-0.3, -0.25) is 5.32 Å². The van der Waals surface area contributed by atoms with Gasteiger partial charge in [0.05, 0.1) is 6.61 Å². The van der Waals surface area contributed by atoms with Gasteiger partial charge in [-0.1, -0.05) is 37.3 Å². The fraction of sp³-hybridized carbons (Fsp3) is 0.571. The molecule has 0 bridgehead atoms. The van der Waals surface area contributed by atoms with Crippen molar-refractivity contribution < 1.29 is 4.74 Å². The number of benzene rings is 1. The second kappa shape index (κ2) is 6.74. The molecular formula is C14H24N2O. The van der Waals surface area contributed by atoms with Crippen LogP contribution in [0.2, 0.25) is 0 Å². The maximum atomic E-state index is 5.76. The molecule has 3 nitrogen and oxygen atoms in total. The fourth-order valence-electron chi connectivity index (χ4n) is 1.63. The van der Waals surface area contributed by atoms with Crippen LogP contribution in [-0.2, 0) is 11.3 Å². The minimum atomic E-state index is -0.0455. The van der Waals surface area contributed by atoms with Crippen LogP contribution in [0.1, 0.15) is 32.8 Å². The molecule has 0 aliphatic heterocycles. The molecule has 1 aromatic rings. The first-order chi connectivity index (χ1) is 8.09. The highest BCUT2D eigenvalue weighted by Crippen LogP contribution is 2.09. The Balaban J connectivity index is 2.37. The Hall–Kier alpha value is -0.900. The quantitative estimate of drug-likeness (QED) is 0.714. The lowest BCUT2D eigenvalue weighted by atomic mass is 9.99. The summed E-state index contributed by atoms with van der Waals surface area (Å²) in [6, 6.07) is 10.2. The zero-order chi connectivity index (χ0) is 12.7. The number of nitrogens with two attached hydrogens (primary N) is 1. The number of nitrogens with one attached hydrogen (secondary N) is 1. The van der Waals surface area contributed by atoms with E-state index in [0.29, 0.717) is 13.2 Å². The normalized spacial score (nSPS) is 16.5. The van der Waals surface area contributed by atoms with Crippen LogP contribution in [0.15, 0.2) is 30.3 Å². The molecule has 17 heavy (non-hydrogen) atoms. The summed E-state index contributed by atoms with van der Waals surface area (Å²) in [5, 5.41) is 3.42. The molecule has 1 rings (SSSR count). The smallest absolute Gasteiger partial charge is 0.106 e. The Morgan fingerprint density at radius 1 is 1.35 bits per heavy atom. The molecule has 96 valence electrons. The maximum Gasteiger partial charge on any atom is 0.106 e. The van der Waals surface area contributed by atoms with Gasteiger partial charge in [-0.25, -0.2) is 0 Å². The third-order valence-electron chi connectivity index (χ3n) is 3.13. The van der Waals surface area contributed by atoms with Crippen LogP contribution in [-0.4, -0.2) is 18.3 Å². The summed E-state index contributed by atoms with van der Waals surface area (Å²) in [7, 11) is 0. The molecule has 0 heterocycles. The first-order valence-corrected chi connectivity index (χ1v) is 6.23. The summed E-state index contributed by atoms with van der Waals surface area (Å²) >= 11 is 0. The van der Waals surface area contributed by atoms with Gasteiger partial charge in [-0.15, -0.1) is 0 Å². The van der Waals surface area contributed by atoms with Crippen molar-refractivity contribution in [2.45, 2.75) is 45.6 Å². The predicted octanol–water partition coefficient (Wildman–Crippen LogP) is 2.27. The summed E-state index contributed by atoms with van der Waals surface area (Å²) in [6.45, 7) is 7.51. The lowest BCUT2D eigenvalue weighted by Gasteiger charge is -2.31. The summed E-state index contributed by atoms with van der Waals surface area (Å²) < 4.78 is 5.76. The Morgan fingerprint density at radius 3 is 2.53 bits per heavy atom. The van der Waals surface area contributed by atoms with Gasteiger partial charge in [0.15, 0.2) is 0 Å². The highest BCUT2D eigenvalue weighted by atomic mass is 16.5. The monoisotopic (exact) mass is 236 g/mol. The number of hydrogen-bond acceptors (Lipinski definition) is 3. The second-order valence-corrected chi connectivity index (χ2v) is 4.70.